The molecule has 0 saturated heterocycles. The summed E-state index contributed by atoms with van der Waals surface area (Å²) in [5.41, 5.74) is -0.0413. The normalized spacial score (nSPS) is 12.1. The van der Waals surface area contributed by atoms with Gasteiger partial charge in [-0.1, -0.05) is 6.92 Å². The molecule has 1 atom stereocenters. The highest BCUT2D eigenvalue weighted by Gasteiger charge is 2.07. The number of hydrogen-bond acceptors (Lipinski definition) is 5. The lowest BCUT2D eigenvalue weighted by molar-refractivity contribution is 0.0690. The highest BCUT2D eigenvalue weighted by atomic mass is 32.2. The van der Waals surface area contributed by atoms with Crippen LogP contribution in [0.15, 0.2) is 12.4 Å². The van der Waals surface area contributed by atoms with Crippen LogP contribution < -0.4 is 5.32 Å². The van der Waals surface area contributed by atoms with E-state index in [-0.39, 0.29) is 11.7 Å². The molecule has 1 unspecified atom stereocenters. The van der Waals surface area contributed by atoms with Gasteiger partial charge in [-0.05, 0) is 12.7 Å². The lowest BCUT2D eigenvalue weighted by Gasteiger charge is -2.13. The lowest BCUT2D eigenvalue weighted by atomic mass is 10.4. The maximum atomic E-state index is 10.7. The molecule has 0 bridgehead atoms. The van der Waals surface area contributed by atoms with Crippen LogP contribution in [0.3, 0.4) is 0 Å². The van der Waals surface area contributed by atoms with Crippen LogP contribution in [-0.2, 0) is 0 Å². The Labute approximate surface area is 98.7 Å². The second kappa shape index (κ2) is 6.32. The fourth-order valence-electron chi connectivity index (χ4n) is 1.13. The molecule has 1 aromatic heterocycles. The number of nitrogens with zero attached hydrogens (tertiary/aromatic N) is 2. The van der Waals surface area contributed by atoms with Crippen molar-refractivity contribution in [2.24, 2.45) is 0 Å². The Morgan fingerprint density at radius 3 is 3.00 bits per heavy atom. The van der Waals surface area contributed by atoms with Crippen molar-refractivity contribution in [2.45, 2.75) is 19.9 Å². The average molecular weight is 241 g/mol. The molecule has 0 spiro atoms. The number of nitrogens with one attached hydrogen (secondary N) is 1. The van der Waals surface area contributed by atoms with Gasteiger partial charge in [-0.3, -0.25) is 4.98 Å². The van der Waals surface area contributed by atoms with E-state index in [1.54, 1.807) is 0 Å². The van der Waals surface area contributed by atoms with Gasteiger partial charge in [0.2, 0.25) is 0 Å². The molecule has 5 nitrogen and oxygen atoms in total. The summed E-state index contributed by atoms with van der Waals surface area (Å²) >= 11 is 1.82. The Balaban J connectivity index is 2.59. The van der Waals surface area contributed by atoms with E-state index < -0.39 is 5.97 Å². The molecular formula is C10H15N3O2S. The first-order valence-corrected chi connectivity index (χ1v) is 6.18. The molecule has 0 aliphatic heterocycles. The Kier molecular flexibility index (Phi) is 5.04. The maximum Gasteiger partial charge on any atom is 0.356 e. The number of rotatable bonds is 6. The number of aromatic carboxylic acids is 1. The summed E-state index contributed by atoms with van der Waals surface area (Å²) in [5.74, 6) is 1.46. The predicted molar refractivity (Wildman–Crippen MR) is 65.1 cm³/mol. The first kappa shape index (κ1) is 12.8. The molecule has 1 heterocycles. The van der Waals surface area contributed by atoms with Crippen molar-refractivity contribution in [3.63, 3.8) is 0 Å². The van der Waals surface area contributed by atoms with E-state index >= 15 is 0 Å². The maximum absolute atomic E-state index is 10.7. The highest BCUT2D eigenvalue weighted by molar-refractivity contribution is 7.99. The molecule has 0 saturated carbocycles. The number of carboxylic acid groups (broad SMARTS) is 1. The molecule has 1 aromatic rings. The fraction of sp³-hybridized carbons (Fsp3) is 0.500. The van der Waals surface area contributed by atoms with Crippen molar-refractivity contribution < 1.29 is 9.90 Å². The van der Waals surface area contributed by atoms with E-state index in [4.69, 9.17) is 5.11 Å². The third-order valence-corrected chi connectivity index (χ3v) is 2.96. The van der Waals surface area contributed by atoms with Gasteiger partial charge in [0.25, 0.3) is 0 Å². The van der Waals surface area contributed by atoms with Crippen molar-refractivity contribution in [3.8, 4) is 0 Å². The number of anilines is 1. The van der Waals surface area contributed by atoms with Gasteiger partial charge in [0.05, 0.1) is 12.4 Å². The van der Waals surface area contributed by atoms with E-state index in [0.29, 0.717) is 5.82 Å². The van der Waals surface area contributed by atoms with Crippen molar-refractivity contribution >= 4 is 23.5 Å². The van der Waals surface area contributed by atoms with Crippen LogP contribution in [0.25, 0.3) is 0 Å². The van der Waals surface area contributed by atoms with E-state index in [0.717, 1.165) is 11.5 Å². The molecule has 0 amide bonds. The summed E-state index contributed by atoms with van der Waals surface area (Å²) in [4.78, 5) is 18.4. The quantitative estimate of drug-likeness (QED) is 0.790. The number of carboxylic acids is 1. The van der Waals surface area contributed by atoms with Crippen LogP contribution >= 0.6 is 11.8 Å². The molecule has 0 fully saturated rings. The van der Waals surface area contributed by atoms with Gasteiger partial charge in [0, 0.05) is 11.8 Å². The molecule has 1 rings (SSSR count). The summed E-state index contributed by atoms with van der Waals surface area (Å²) in [7, 11) is 0. The Bertz CT molecular complexity index is 360. The van der Waals surface area contributed by atoms with Gasteiger partial charge in [-0.15, -0.1) is 0 Å². The lowest BCUT2D eigenvalue weighted by Crippen LogP contribution is -2.19. The Morgan fingerprint density at radius 1 is 1.62 bits per heavy atom. The summed E-state index contributed by atoms with van der Waals surface area (Å²) in [6, 6.07) is 0.239. The SMILES string of the molecule is CCSCC(C)Nc1cncc(C(=O)O)n1. The first-order valence-electron chi connectivity index (χ1n) is 5.03. The molecule has 0 aromatic carbocycles. The van der Waals surface area contributed by atoms with Gasteiger partial charge >= 0.3 is 5.97 Å². The van der Waals surface area contributed by atoms with Crippen LogP contribution in [0.4, 0.5) is 5.82 Å². The van der Waals surface area contributed by atoms with Gasteiger partial charge in [0.1, 0.15) is 5.82 Å². The van der Waals surface area contributed by atoms with Gasteiger partial charge < -0.3 is 10.4 Å². The molecule has 6 heteroatoms. The minimum absolute atomic E-state index is 0.0413. The van der Waals surface area contributed by atoms with Crippen LogP contribution in [0.5, 0.6) is 0 Å². The van der Waals surface area contributed by atoms with Crippen molar-refractivity contribution in [2.75, 3.05) is 16.8 Å². The number of carbonyl (C=O) groups is 1. The molecule has 0 aliphatic rings. The second-order valence-corrected chi connectivity index (χ2v) is 4.62. The van der Waals surface area contributed by atoms with Crippen LogP contribution in [0.1, 0.15) is 24.3 Å². The summed E-state index contributed by atoms with van der Waals surface area (Å²) in [5, 5.41) is 11.9. The third kappa shape index (κ3) is 4.06. The monoisotopic (exact) mass is 241 g/mol. The predicted octanol–water partition coefficient (Wildman–Crippen LogP) is 1.73. The summed E-state index contributed by atoms with van der Waals surface area (Å²) < 4.78 is 0. The van der Waals surface area contributed by atoms with Crippen molar-refractivity contribution in [1.82, 2.24) is 9.97 Å². The fourth-order valence-corrected chi connectivity index (χ4v) is 1.80. The summed E-state index contributed by atoms with van der Waals surface area (Å²) in [6.07, 6.45) is 2.76. The highest BCUT2D eigenvalue weighted by Crippen LogP contribution is 2.08. The molecular weight excluding hydrogens is 226 g/mol. The smallest absolute Gasteiger partial charge is 0.356 e. The Morgan fingerprint density at radius 2 is 2.38 bits per heavy atom. The summed E-state index contributed by atoms with van der Waals surface area (Å²) in [6.45, 7) is 4.13. The zero-order chi connectivity index (χ0) is 12.0. The zero-order valence-corrected chi connectivity index (χ0v) is 10.1. The van der Waals surface area contributed by atoms with E-state index in [2.05, 4.69) is 22.2 Å². The first-order chi connectivity index (χ1) is 7.63. The topological polar surface area (TPSA) is 75.1 Å². The molecule has 2 N–H and O–H groups in total. The van der Waals surface area contributed by atoms with Crippen molar-refractivity contribution in [1.29, 1.82) is 0 Å². The third-order valence-electron chi connectivity index (χ3n) is 1.82. The number of aromatic nitrogens is 2. The second-order valence-electron chi connectivity index (χ2n) is 3.30. The van der Waals surface area contributed by atoms with E-state index in [1.807, 2.05) is 18.7 Å². The molecule has 88 valence electrons. The number of hydrogen-bond donors (Lipinski definition) is 2. The molecule has 0 aliphatic carbocycles. The molecule has 0 radical (unpaired) electrons. The van der Waals surface area contributed by atoms with Gasteiger partial charge in [-0.25, -0.2) is 9.78 Å². The minimum atomic E-state index is -1.06. The largest absolute Gasteiger partial charge is 0.476 e. The standard InChI is InChI=1S/C10H15N3O2S/c1-3-16-6-7(2)12-9-5-11-4-8(13-9)10(14)15/h4-5,7H,3,6H2,1-2H3,(H,12,13)(H,14,15). The minimum Gasteiger partial charge on any atom is -0.476 e. The van der Waals surface area contributed by atoms with Crippen LogP contribution in [0, 0.1) is 0 Å². The average Bonchev–Trinajstić information content (AvgIpc) is 2.26. The van der Waals surface area contributed by atoms with Gasteiger partial charge in [0.15, 0.2) is 5.69 Å². The van der Waals surface area contributed by atoms with E-state index in [9.17, 15) is 4.79 Å². The Hall–Kier alpha value is -1.30. The van der Waals surface area contributed by atoms with Crippen molar-refractivity contribution in [3.05, 3.63) is 18.1 Å². The van der Waals surface area contributed by atoms with E-state index in [1.165, 1.54) is 12.4 Å². The number of thioether (sulfide) groups is 1. The van der Waals surface area contributed by atoms with Crippen LogP contribution in [-0.4, -0.2) is 38.6 Å². The zero-order valence-electron chi connectivity index (χ0n) is 9.30. The van der Waals surface area contributed by atoms with Gasteiger partial charge in [-0.2, -0.15) is 11.8 Å². The van der Waals surface area contributed by atoms with Crippen LogP contribution in [0.2, 0.25) is 0 Å². The molecule has 16 heavy (non-hydrogen) atoms.